The molecule has 120 valence electrons. The molecular weight excluding hydrogens is 280 g/mol. The molecule has 0 saturated heterocycles. The van der Waals surface area contributed by atoms with Crippen molar-refractivity contribution in [3.8, 4) is 11.5 Å². The molecule has 0 aliphatic carbocycles. The predicted octanol–water partition coefficient (Wildman–Crippen LogP) is 4.40. The number of cyclic esters (lactones) is 1. The van der Waals surface area contributed by atoms with Crippen LogP contribution in [0.5, 0.6) is 11.5 Å². The van der Waals surface area contributed by atoms with Crippen molar-refractivity contribution in [2.75, 3.05) is 0 Å². The van der Waals surface area contributed by atoms with Crippen molar-refractivity contribution in [1.82, 2.24) is 0 Å². The molecule has 0 amide bonds. The molecule has 22 heavy (non-hydrogen) atoms. The van der Waals surface area contributed by atoms with Crippen LogP contribution in [0.1, 0.15) is 67.8 Å². The highest BCUT2D eigenvalue weighted by Gasteiger charge is 2.20. The van der Waals surface area contributed by atoms with Crippen LogP contribution < -0.4 is 0 Å². The number of aromatic hydroxyl groups is 2. The number of phenolic OH excluding ortho intramolecular Hbond substituents is 2. The normalized spacial score (nSPS) is 22.2. The van der Waals surface area contributed by atoms with E-state index in [9.17, 15) is 15.0 Å². The Balaban J connectivity index is 2.30. The summed E-state index contributed by atoms with van der Waals surface area (Å²) in [5.74, 6) is -0.853. The standard InChI is InChI=1S/C18H24O4/c1-13-9-7-5-3-2-4-6-8-10-14-11-15(19)12-16(20)17(14)18(21)22-13/h8,10-13,19-20H,2-7,9H2,1H3/b10-8+. The Morgan fingerprint density at radius 1 is 1.09 bits per heavy atom. The molecule has 0 bridgehead atoms. The van der Waals surface area contributed by atoms with Gasteiger partial charge in [-0.05, 0) is 44.2 Å². The molecule has 1 aromatic carbocycles. The van der Waals surface area contributed by atoms with Gasteiger partial charge in [0.15, 0.2) is 0 Å². The summed E-state index contributed by atoms with van der Waals surface area (Å²) in [6, 6.07) is 2.64. The Labute approximate surface area is 131 Å². The molecule has 0 radical (unpaired) electrons. The second-order valence-electron chi connectivity index (χ2n) is 5.89. The van der Waals surface area contributed by atoms with E-state index in [0.29, 0.717) is 5.56 Å². The van der Waals surface area contributed by atoms with Crippen LogP contribution in [0.3, 0.4) is 0 Å². The Bertz CT molecular complexity index is 548. The molecular formula is C18H24O4. The zero-order chi connectivity index (χ0) is 15.9. The zero-order valence-electron chi connectivity index (χ0n) is 13.0. The van der Waals surface area contributed by atoms with E-state index < -0.39 is 5.97 Å². The average molecular weight is 304 g/mol. The molecule has 4 nitrogen and oxygen atoms in total. The summed E-state index contributed by atoms with van der Waals surface area (Å²) >= 11 is 0. The van der Waals surface area contributed by atoms with Crippen molar-refractivity contribution >= 4 is 12.0 Å². The SMILES string of the molecule is CC1CCCCCCC/C=C/c2cc(O)cc(O)c2C(=O)O1. The largest absolute Gasteiger partial charge is 0.508 e. The quantitative estimate of drug-likeness (QED) is 0.697. The average Bonchev–Trinajstić information content (AvgIpc) is 2.43. The van der Waals surface area contributed by atoms with Gasteiger partial charge in [0.25, 0.3) is 0 Å². The van der Waals surface area contributed by atoms with Crippen LogP contribution in [0.15, 0.2) is 18.2 Å². The van der Waals surface area contributed by atoms with E-state index in [0.717, 1.165) is 32.1 Å². The van der Waals surface area contributed by atoms with Crippen LogP contribution in [-0.2, 0) is 4.74 Å². The molecule has 0 fully saturated rings. The van der Waals surface area contributed by atoms with Gasteiger partial charge in [-0.1, -0.05) is 31.4 Å². The molecule has 1 heterocycles. The summed E-state index contributed by atoms with van der Waals surface area (Å²) < 4.78 is 5.43. The zero-order valence-corrected chi connectivity index (χ0v) is 13.0. The van der Waals surface area contributed by atoms with Crippen molar-refractivity contribution in [3.63, 3.8) is 0 Å². The fourth-order valence-electron chi connectivity index (χ4n) is 2.72. The van der Waals surface area contributed by atoms with Gasteiger partial charge in [0, 0.05) is 6.07 Å². The Hall–Kier alpha value is -1.97. The van der Waals surface area contributed by atoms with Gasteiger partial charge < -0.3 is 14.9 Å². The summed E-state index contributed by atoms with van der Waals surface area (Å²) in [6.07, 6.45) is 11.0. The topological polar surface area (TPSA) is 66.8 Å². The highest BCUT2D eigenvalue weighted by molar-refractivity contribution is 5.97. The maximum absolute atomic E-state index is 12.3. The van der Waals surface area contributed by atoms with E-state index in [1.54, 1.807) is 6.08 Å². The second kappa shape index (κ2) is 7.87. The summed E-state index contributed by atoms with van der Waals surface area (Å²) in [7, 11) is 0. The lowest BCUT2D eigenvalue weighted by Gasteiger charge is -2.15. The first-order valence-electron chi connectivity index (χ1n) is 8.01. The summed E-state index contributed by atoms with van der Waals surface area (Å²) in [6.45, 7) is 1.87. The number of fused-ring (bicyclic) bond motifs is 1. The molecule has 1 aliphatic rings. The van der Waals surface area contributed by atoms with Gasteiger partial charge in [-0.25, -0.2) is 4.79 Å². The third kappa shape index (κ3) is 4.52. The van der Waals surface area contributed by atoms with Gasteiger partial charge in [-0.15, -0.1) is 0 Å². The number of hydrogen-bond donors (Lipinski definition) is 2. The third-order valence-corrected chi connectivity index (χ3v) is 3.92. The molecule has 1 atom stereocenters. The van der Waals surface area contributed by atoms with Crippen LogP contribution in [0, 0.1) is 0 Å². The number of phenols is 2. The highest BCUT2D eigenvalue weighted by atomic mass is 16.5. The fraction of sp³-hybridized carbons (Fsp3) is 0.500. The van der Waals surface area contributed by atoms with Crippen LogP contribution in [0.25, 0.3) is 6.08 Å². The van der Waals surface area contributed by atoms with Crippen LogP contribution in [0.2, 0.25) is 0 Å². The molecule has 1 aliphatic heterocycles. The number of carbonyl (C=O) groups is 1. The molecule has 1 unspecified atom stereocenters. The molecule has 0 spiro atoms. The minimum atomic E-state index is -0.540. The maximum atomic E-state index is 12.3. The molecule has 4 heteroatoms. The lowest BCUT2D eigenvalue weighted by molar-refractivity contribution is 0.0316. The number of hydrogen-bond acceptors (Lipinski definition) is 4. The van der Waals surface area contributed by atoms with Crippen molar-refractivity contribution in [1.29, 1.82) is 0 Å². The number of allylic oxidation sites excluding steroid dienone is 1. The summed E-state index contributed by atoms with van der Waals surface area (Å²) in [4.78, 5) is 12.3. The number of esters is 1. The molecule has 2 N–H and O–H groups in total. The summed E-state index contributed by atoms with van der Waals surface area (Å²) in [5.41, 5.74) is 0.615. The number of ether oxygens (including phenoxy) is 1. The van der Waals surface area contributed by atoms with E-state index in [1.807, 2.05) is 13.0 Å². The van der Waals surface area contributed by atoms with Gasteiger partial charge in [0.2, 0.25) is 0 Å². The second-order valence-corrected chi connectivity index (χ2v) is 5.89. The van der Waals surface area contributed by atoms with Gasteiger partial charge in [0.1, 0.15) is 17.1 Å². The minimum absolute atomic E-state index is 0.0668. The van der Waals surface area contributed by atoms with Gasteiger partial charge in [-0.2, -0.15) is 0 Å². The van der Waals surface area contributed by atoms with Crippen LogP contribution in [0.4, 0.5) is 0 Å². The Morgan fingerprint density at radius 3 is 2.64 bits per heavy atom. The molecule has 0 saturated carbocycles. The monoisotopic (exact) mass is 304 g/mol. The van der Waals surface area contributed by atoms with E-state index >= 15 is 0 Å². The van der Waals surface area contributed by atoms with Gasteiger partial charge in [-0.3, -0.25) is 0 Å². The third-order valence-electron chi connectivity index (χ3n) is 3.92. The van der Waals surface area contributed by atoms with Gasteiger partial charge in [0.05, 0.1) is 6.10 Å². The van der Waals surface area contributed by atoms with Crippen molar-refractivity contribution in [3.05, 3.63) is 29.3 Å². The lowest BCUT2D eigenvalue weighted by Crippen LogP contribution is -2.16. The first-order chi connectivity index (χ1) is 10.6. The molecule has 2 rings (SSSR count). The van der Waals surface area contributed by atoms with Crippen LogP contribution >= 0.6 is 0 Å². The Morgan fingerprint density at radius 2 is 1.82 bits per heavy atom. The highest BCUT2D eigenvalue weighted by Crippen LogP contribution is 2.30. The van der Waals surface area contributed by atoms with Crippen molar-refractivity contribution in [2.24, 2.45) is 0 Å². The van der Waals surface area contributed by atoms with E-state index in [1.165, 1.54) is 25.0 Å². The predicted molar refractivity (Wildman–Crippen MR) is 86.0 cm³/mol. The van der Waals surface area contributed by atoms with E-state index in [4.69, 9.17) is 4.74 Å². The number of rotatable bonds is 0. The van der Waals surface area contributed by atoms with Crippen molar-refractivity contribution < 1.29 is 19.7 Å². The van der Waals surface area contributed by atoms with Crippen LogP contribution in [-0.4, -0.2) is 22.3 Å². The van der Waals surface area contributed by atoms with Gasteiger partial charge >= 0.3 is 5.97 Å². The number of carbonyl (C=O) groups excluding carboxylic acids is 1. The molecule has 1 aromatic rings. The van der Waals surface area contributed by atoms with E-state index in [2.05, 4.69) is 0 Å². The number of benzene rings is 1. The maximum Gasteiger partial charge on any atom is 0.342 e. The Kier molecular flexibility index (Phi) is 5.87. The first kappa shape index (κ1) is 16.4. The first-order valence-corrected chi connectivity index (χ1v) is 8.01. The summed E-state index contributed by atoms with van der Waals surface area (Å²) in [5, 5.41) is 19.6. The van der Waals surface area contributed by atoms with E-state index in [-0.39, 0.29) is 23.2 Å². The molecule has 0 aromatic heterocycles. The fourth-order valence-corrected chi connectivity index (χ4v) is 2.72. The minimum Gasteiger partial charge on any atom is -0.508 e. The van der Waals surface area contributed by atoms with Crippen molar-refractivity contribution in [2.45, 2.75) is 58.0 Å². The lowest BCUT2D eigenvalue weighted by atomic mass is 10.0. The smallest absolute Gasteiger partial charge is 0.342 e.